The van der Waals surface area contributed by atoms with Crippen LogP contribution in [0.15, 0.2) is 18.2 Å². The molecule has 2 rings (SSSR count). The number of likely N-dealkylation sites (N-methyl/N-ethyl adjacent to an activating group) is 1. The smallest absolute Gasteiger partial charge is 0.282 e. The van der Waals surface area contributed by atoms with Gasteiger partial charge in [-0.2, -0.15) is 0 Å². The normalized spacial score (nSPS) is 23.1. The van der Waals surface area contributed by atoms with Gasteiger partial charge in [-0.05, 0) is 54.7 Å². The molecular weight excluding hydrogens is 357 g/mol. The zero-order valence-corrected chi connectivity index (χ0v) is 13.5. The lowest BCUT2D eigenvalue weighted by Gasteiger charge is -2.23. The van der Waals surface area contributed by atoms with Crippen LogP contribution in [-0.4, -0.2) is 43.0 Å². The Hall–Kier alpha value is -0.890. The van der Waals surface area contributed by atoms with E-state index in [-0.39, 0.29) is 10.6 Å². The van der Waals surface area contributed by atoms with Gasteiger partial charge in [0.15, 0.2) is 0 Å². The quantitative estimate of drug-likeness (QED) is 0.463. The number of hydrogen-bond acceptors (Lipinski definition) is 4. The molecule has 0 amide bonds. The van der Waals surface area contributed by atoms with Crippen LogP contribution in [0.25, 0.3) is 0 Å². The van der Waals surface area contributed by atoms with E-state index in [2.05, 4.69) is 30.8 Å². The van der Waals surface area contributed by atoms with Gasteiger partial charge < -0.3 is 9.80 Å². The standard InChI is InChI=1S/C13H18IN3O2/c1-9-7-16(8-13(9)15(2)3)10-4-5-12(17(18)19)11(14)6-10/h4-6,9,13H,7-8H2,1-3H3. The Balaban J connectivity index is 2.20. The number of rotatable bonds is 3. The fraction of sp³-hybridized carbons (Fsp3) is 0.538. The Labute approximate surface area is 126 Å². The van der Waals surface area contributed by atoms with Crippen LogP contribution in [0, 0.1) is 19.6 Å². The topological polar surface area (TPSA) is 49.6 Å². The molecule has 0 aromatic heterocycles. The van der Waals surface area contributed by atoms with E-state index in [4.69, 9.17) is 0 Å². The van der Waals surface area contributed by atoms with E-state index in [9.17, 15) is 10.1 Å². The molecule has 2 atom stereocenters. The predicted octanol–water partition coefficient (Wildman–Crippen LogP) is 2.59. The molecule has 0 N–H and O–H groups in total. The second kappa shape index (κ2) is 5.62. The summed E-state index contributed by atoms with van der Waals surface area (Å²) in [6, 6.07) is 5.90. The van der Waals surface area contributed by atoms with Crippen molar-refractivity contribution in [2.75, 3.05) is 32.1 Å². The molecule has 0 aliphatic carbocycles. The van der Waals surface area contributed by atoms with Gasteiger partial charge in [0, 0.05) is 30.9 Å². The van der Waals surface area contributed by atoms with E-state index in [0.717, 1.165) is 18.8 Å². The highest BCUT2D eigenvalue weighted by Crippen LogP contribution is 2.30. The van der Waals surface area contributed by atoms with Crippen LogP contribution in [0.5, 0.6) is 0 Å². The molecule has 0 bridgehead atoms. The summed E-state index contributed by atoms with van der Waals surface area (Å²) < 4.78 is 0.695. The second-order valence-electron chi connectivity index (χ2n) is 5.31. The highest BCUT2D eigenvalue weighted by molar-refractivity contribution is 14.1. The molecule has 1 aromatic carbocycles. The fourth-order valence-electron chi connectivity index (χ4n) is 2.67. The summed E-state index contributed by atoms with van der Waals surface area (Å²) in [6.07, 6.45) is 0. The molecule has 19 heavy (non-hydrogen) atoms. The Morgan fingerprint density at radius 3 is 2.58 bits per heavy atom. The van der Waals surface area contributed by atoms with Crippen LogP contribution in [0.2, 0.25) is 0 Å². The minimum Gasteiger partial charge on any atom is -0.370 e. The van der Waals surface area contributed by atoms with Gasteiger partial charge in [-0.15, -0.1) is 0 Å². The number of benzene rings is 1. The first-order valence-electron chi connectivity index (χ1n) is 6.25. The maximum absolute atomic E-state index is 10.8. The third-order valence-electron chi connectivity index (χ3n) is 3.73. The summed E-state index contributed by atoms with van der Waals surface area (Å²) in [5.74, 6) is 0.600. The van der Waals surface area contributed by atoms with Crippen molar-refractivity contribution in [1.82, 2.24) is 4.90 Å². The lowest BCUT2D eigenvalue weighted by molar-refractivity contribution is -0.385. The van der Waals surface area contributed by atoms with Crippen molar-refractivity contribution in [3.63, 3.8) is 0 Å². The summed E-state index contributed by atoms with van der Waals surface area (Å²) in [5.41, 5.74) is 1.26. The van der Waals surface area contributed by atoms with E-state index in [0.29, 0.717) is 15.5 Å². The minimum atomic E-state index is -0.333. The number of hydrogen-bond donors (Lipinski definition) is 0. The lowest BCUT2D eigenvalue weighted by Crippen LogP contribution is -2.34. The molecule has 104 valence electrons. The summed E-state index contributed by atoms with van der Waals surface area (Å²) in [6.45, 7) is 4.22. The number of halogens is 1. The Bertz CT molecular complexity index is 493. The summed E-state index contributed by atoms with van der Waals surface area (Å²) in [7, 11) is 4.20. The molecule has 5 nitrogen and oxygen atoms in total. The van der Waals surface area contributed by atoms with Crippen molar-refractivity contribution in [3.05, 3.63) is 31.9 Å². The van der Waals surface area contributed by atoms with Crippen LogP contribution in [0.1, 0.15) is 6.92 Å². The number of nitrogens with zero attached hydrogens (tertiary/aromatic N) is 3. The average molecular weight is 375 g/mol. The third kappa shape index (κ3) is 3.00. The van der Waals surface area contributed by atoms with Gasteiger partial charge >= 0.3 is 0 Å². The van der Waals surface area contributed by atoms with Gasteiger partial charge in [-0.1, -0.05) is 6.92 Å². The van der Waals surface area contributed by atoms with E-state index >= 15 is 0 Å². The maximum atomic E-state index is 10.8. The van der Waals surface area contributed by atoms with Crippen LogP contribution < -0.4 is 4.90 Å². The van der Waals surface area contributed by atoms with Gasteiger partial charge in [-0.3, -0.25) is 10.1 Å². The maximum Gasteiger partial charge on any atom is 0.282 e. The molecule has 1 heterocycles. The Morgan fingerprint density at radius 2 is 2.11 bits per heavy atom. The monoisotopic (exact) mass is 375 g/mol. The van der Waals surface area contributed by atoms with Gasteiger partial charge in [-0.25, -0.2) is 0 Å². The summed E-state index contributed by atoms with van der Waals surface area (Å²) >= 11 is 2.03. The average Bonchev–Trinajstić information content (AvgIpc) is 2.70. The molecule has 0 radical (unpaired) electrons. The third-order valence-corrected chi connectivity index (χ3v) is 4.59. The van der Waals surface area contributed by atoms with Crippen molar-refractivity contribution in [2.45, 2.75) is 13.0 Å². The van der Waals surface area contributed by atoms with Crippen molar-refractivity contribution in [1.29, 1.82) is 0 Å². The van der Waals surface area contributed by atoms with Crippen molar-refractivity contribution >= 4 is 34.0 Å². The van der Waals surface area contributed by atoms with E-state index in [1.54, 1.807) is 6.07 Å². The molecule has 1 aliphatic rings. The molecule has 1 aromatic rings. The summed E-state index contributed by atoms with van der Waals surface area (Å²) in [4.78, 5) is 15.1. The largest absolute Gasteiger partial charge is 0.370 e. The molecule has 1 fully saturated rings. The first-order chi connectivity index (χ1) is 8.90. The van der Waals surface area contributed by atoms with Gasteiger partial charge in [0.1, 0.15) is 0 Å². The zero-order valence-electron chi connectivity index (χ0n) is 11.3. The van der Waals surface area contributed by atoms with E-state index in [1.165, 1.54) is 0 Å². The molecular formula is C13H18IN3O2. The molecule has 0 spiro atoms. The van der Waals surface area contributed by atoms with E-state index < -0.39 is 0 Å². The molecule has 1 saturated heterocycles. The van der Waals surface area contributed by atoms with Gasteiger partial charge in [0.2, 0.25) is 0 Å². The van der Waals surface area contributed by atoms with Crippen LogP contribution in [0.3, 0.4) is 0 Å². The Morgan fingerprint density at radius 1 is 1.42 bits per heavy atom. The Kier molecular flexibility index (Phi) is 4.29. The molecule has 6 heteroatoms. The van der Waals surface area contributed by atoms with Crippen LogP contribution in [-0.2, 0) is 0 Å². The highest BCUT2D eigenvalue weighted by atomic mass is 127. The zero-order chi connectivity index (χ0) is 14.2. The number of anilines is 1. The summed E-state index contributed by atoms with van der Waals surface area (Å²) in [5, 5.41) is 10.8. The van der Waals surface area contributed by atoms with Crippen molar-refractivity contribution in [2.24, 2.45) is 5.92 Å². The van der Waals surface area contributed by atoms with Crippen LogP contribution >= 0.6 is 22.6 Å². The number of nitro groups is 1. The molecule has 0 saturated carbocycles. The highest BCUT2D eigenvalue weighted by Gasteiger charge is 2.31. The van der Waals surface area contributed by atoms with Gasteiger partial charge in [0.05, 0.1) is 8.49 Å². The minimum absolute atomic E-state index is 0.181. The van der Waals surface area contributed by atoms with Crippen molar-refractivity contribution in [3.8, 4) is 0 Å². The fourth-order valence-corrected chi connectivity index (χ4v) is 3.37. The number of nitro benzene ring substituents is 1. The predicted molar refractivity (Wildman–Crippen MR) is 84.7 cm³/mol. The first kappa shape index (κ1) is 14.5. The van der Waals surface area contributed by atoms with Crippen LogP contribution in [0.4, 0.5) is 11.4 Å². The lowest BCUT2D eigenvalue weighted by atomic mass is 10.1. The van der Waals surface area contributed by atoms with Gasteiger partial charge in [0.25, 0.3) is 5.69 Å². The second-order valence-corrected chi connectivity index (χ2v) is 6.47. The molecule has 2 unspecified atom stereocenters. The first-order valence-corrected chi connectivity index (χ1v) is 7.33. The molecule has 1 aliphatic heterocycles. The van der Waals surface area contributed by atoms with E-state index in [1.807, 2.05) is 34.7 Å². The SMILES string of the molecule is CC1CN(c2ccc([N+](=O)[O-])c(I)c2)CC1N(C)C. The van der Waals surface area contributed by atoms with Crippen molar-refractivity contribution < 1.29 is 4.92 Å².